The molecule has 84 valence electrons. The van der Waals surface area contributed by atoms with Gasteiger partial charge in [0, 0.05) is 4.47 Å². The molecule has 0 radical (unpaired) electrons. The van der Waals surface area contributed by atoms with Gasteiger partial charge in [-0.25, -0.2) is 0 Å². The minimum Gasteiger partial charge on any atom is -0.330 e. The largest absolute Gasteiger partial charge is 0.330 e. The smallest absolute Gasteiger partial charge is 0.0212 e. The molecule has 15 heavy (non-hydrogen) atoms. The van der Waals surface area contributed by atoms with E-state index in [4.69, 9.17) is 11.5 Å². The second-order valence-corrected chi connectivity index (χ2v) is 4.90. The van der Waals surface area contributed by atoms with Crippen molar-refractivity contribution in [2.45, 2.75) is 19.8 Å². The van der Waals surface area contributed by atoms with E-state index in [1.807, 2.05) is 0 Å². The third kappa shape index (κ3) is 3.03. The lowest BCUT2D eigenvalue weighted by Gasteiger charge is -2.22. The molecule has 0 saturated heterocycles. The van der Waals surface area contributed by atoms with Crippen molar-refractivity contribution in [1.82, 2.24) is 0 Å². The summed E-state index contributed by atoms with van der Waals surface area (Å²) in [4.78, 5) is 0. The molecule has 0 spiro atoms. The Kier molecular flexibility index (Phi) is 4.77. The first-order valence-corrected chi connectivity index (χ1v) is 6.05. The predicted octanol–water partition coefficient (Wildman–Crippen LogP) is 2.39. The molecule has 0 saturated carbocycles. The van der Waals surface area contributed by atoms with E-state index in [1.165, 1.54) is 11.1 Å². The fraction of sp³-hybridized carbons (Fsp3) is 0.500. The van der Waals surface area contributed by atoms with Gasteiger partial charge in [0.2, 0.25) is 0 Å². The number of hydrogen-bond acceptors (Lipinski definition) is 2. The van der Waals surface area contributed by atoms with Crippen LogP contribution in [0, 0.1) is 12.8 Å². The molecule has 1 atom stereocenters. The molecule has 0 aromatic heterocycles. The predicted molar refractivity (Wildman–Crippen MR) is 68.9 cm³/mol. The van der Waals surface area contributed by atoms with Gasteiger partial charge in [-0.2, -0.15) is 0 Å². The van der Waals surface area contributed by atoms with Crippen LogP contribution < -0.4 is 11.5 Å². The highest BCUT2D eigenvalue weighted by atomic mass is 79.9. The first-order valence-electron chi connectivity index (χ1n) is 5.26. The fourth-order valence-corrected chi connectivity index (χ4v) is 2.61. The topological polar surface area (TPSA) is 52.0 Å². The Bertz CT molecular complexity index is 321. The minimum atomic E-state index is 0.351. The van der Waals surface area contributed by atoms with Gasteiger partial charge in [-0.1, -0.05) is 35.0 Å². The molecule has 1 unspecified atom stereocenters. The number of aryl methyl sites for hydroxylation is 1. The minimum absolute atomic E-state index is 0.351. The first kappa shape index (κ1) is 12.7. The molecule has 2 nitrogen and oxygen atoms in total. The standard InChI is InChI=1S/C12H19BrN2/c1-8-3-4-11(12(13)5-8)9(2)10(6-14)7-15/h3-5,9-10H,6-7,14-15H2,1-2H3. The zero-order chi connectivity index (χ0) is 11.4. The third-order valence-corrected chi connectivity index (χ3v) is 3.65. The van der Waals surface area contributed by atoms with Crippen molar-refractivity contribution in [2.75, 3.05) is 13.1 Å². The monoisotopic (exact) mass is 270 g/mol. The second-order valence-electron chi connectivity index (χ2n) is 4.05. The van der Waals surface area contributed by atoms with Crippen LogP contribution >= 0.6 is 15.9 Å². The van der Waals surface area contributed by atoms with Gasteiger partial charge >= 0.3 is 0 Å². The average Bonchev–Trinajstić information content (AvgIpc) is 2.19. The van der Waals surface area contributed by atoms with Crippen molar-refractivity contribution in [3.63, 3.8) is 0 Å². The van der Waals surface area contributed by atoms with Gasteiger partial charge in [0.15, 0.2) is 0 Å². The Morgan fingerprint density at radius 2 is 1.87 bits per heavy atom. The van der Waals surface area contributed by atoms with Crippen molar-refractivity contribution >= 4 is 15.9 Å². The zero-order valence-corrected chi connectivity index (χ0v) is 10.9. The van der Waals surface area contributed by atoms with Crippen molar-refractivity contribution in [3.05, 3.63) is 33.8 Å². The highest BCUT2D eigenvalue weighted by Gasteiger charge is 2.18. The van der Waals surface area contributed by atoms with E-state index in [-0.39, 0.29) is 0 Å². The number of rotatable bonds is 4. The van der Waals surface area contributed by atoms with Gasteiger partial charge in [0.1, 0.15) is 0 Å². The fourth-order valence-electron chi connectivity index (χ4n) is 1.76. The van der Waals surface area contributed by atoms with Crippen LogP contribution in [0.25, 0.3) is 0 Å². The van der Waals surface area contributed by atoms with Gasteiger partial charge in [-0.15, -0.1) is 0 Å². The van der Waals surface area contributed by atoms with Gasteiger partial charge in [-0.3, -0.25) is 0 Å². The molecule has 1 aromatic carbocycles. The Balaban J connectivity index is 2.94. The quantitative estimate of drug-likeness (QED) is 0.883. The maximum absolute atomic E-state index is 5.71. The third-order valence-electron chi connectivity index (χ3n) is 2.96. The maximum atomic E-state index is 5.71. The summed E-state index contributed by atoms with van der Waals surface area (Å²) < 4.78 is 1.15. The highest BCUT2D eigenvalue weighted by Crippen LogP contribution is 2.30. The van der Waals surface area contributed by atoms with Crippen molar-refractivity contribution in [2.24, 2.45) is 17.4 Å². The van der Waals surface area contributed by atoms with Crippen LogP contribution in [0.15, 0.2) is 22.7 Å². The lowest BCUT2D eigenvalue weighted by atomic mass is 9.87. The number of halogens is 1. The lowest BCUT2D eigenvalue weighted by molar-refractivity contribution is 0.465. The Labute approximate surface area is 100 Å². The molecule has 0 bridgehead atoms. The molecule has 0 aliphatic heterocycles. The molecular weight excluding hydrogens is 252 g/mol. The summed E-state index contributed by atoms with van der Waals surface area (Å²) in [5.74, 6) is 0.749. The number of benzene rings is 1. The molecular formula is C12H19BrN2. The van der Waals surface area contributed by atoms with Crippen LogP contribution in [0.2, 0.25) is 0 Å². The Morgan fingerprint density at radius 3 is 2.33 bits per heavy atom. The number of hydrogen-bond donors (Lipinski definition) is 2. The van der Waals surface area contributed by atoms with Gasteiger partial charge < -0.3 is 11.5 Å². The SMILES string of the molecule is Cc1ccc(C(C)C(CN)CN)c(Br)c1. The van der Waals surface area contributed by atoms with Crippen LogP contribution in [0.5, 0.6) is 0 Å². The maximum Gasteiger partial charge on any atom is 0.0212 e. The van der Waals surface area contributed by atoms with Crippen LogP contribution in [-0.4, -0.2) is 13.1 Å². The number of nitrogens with two attached hydrogens (primary N) is 2. The zero-order valence-electron chi connectivity index (χ0n) is 9.33. The van der Waals surface area contributed by atoms with Gasteiger partial charge in [0.05, 0.1) is 0 Å². The van der Waals surface area contributed by atoms with Crippen LogP contribution in [0.1, 0.15) is 24.0 Å². The molecule has 0 fully saturated rings. The Hall–Kier alpha value is -0.380. The molecule has 0 amide bonds. The van der Waals surface area contributed by atoms with E-state index >= 15 is 0 Å². The van der Waals surface area contributed by atoms with E-state index in [9.17, 15) is 0 Å². The molecule has 4 N–H and O–H groups in total. The molecule has 0 aliphatic rings. The molecule has 1 rings (SSSR count). The van der Waals surface area contributed by atoms with E-state index < -0.39 is 0 Å². The van der Waals surface area contributed by atoms with Crippen molar-refractivity contribution < 1.29 is 0 Å². The molecule has 0 heterocycles. The van der Waals surface area contributed by atoms with Crippen LogP contribution in [0.3, 0.4) is 0 Å². The van der Waals surface area contributed by atoms with E-state index in [0.717, 1.165) is 4.47 Å². The van der Waals surface area contributed by atoms with Crippen LogP contribution in [0.4, 0.5) is 0 Å². The summed E-state index contributed by atoms with van der Waals surface area (Å²) in [7, 11) is 0. The summed E-state index contributed by atoms with van der Waals surface area (Å²) in [6.07, 6.45) is 0. The Morgan fingerprint density at radius 1 is 1.27 bits per heavy atom. The van der Waals surface area contributed by atoms with E-state index in [0.29, 0.717) is 24.9 Å². The summed E-state index contributed by atoms with van der Waals surface area (Å²) in [6, 6.07) is 6.42. The lowest BCUT2D eigenvalue weighted by Crippen LogP contribution is -2.28. The second kappa shape index (κ2) is 5.64. The summed E-state index contributed by atoms with van der Waals surface area (Å²) >= 11 is 3.59. The first-order chi connectivity index (χ1) is 7.10. The van der Waals surface area contributed by atoms with Crippen molar-refractivity contribution in [1.29, 1.82) is 0 Å². The molecule has 3 heteroatoms. The average molecular weight is 271 g/mol. The normalized spacial score (nSPS) is 13.2. The van der Waals surface area contributed by atoms with Crippen LogP contribution in [-0.2, 0) is 0 Å². The van der Waals surface area contributed by atoms with E-state index in [2.05, 4.69) is 48.0 Å². The van der Waals surface area contributed by atoms with Gasteiger partial charge in [-0.05, 0) is 49.0 Å². The highest BCUT2D eigenvalue weighted by molar-refractivity contribution is 9.10. The van der Waals surface area contributed by atoms with E-state index in [1.54, 1.807) is 0 Å². The summed E-state index contributed by atoms with van der Waals surface area (Å²) in [6.45, 7) is 5.54. The molecule has 1 aromatic rings. The molecule has 0 aliphatic carbocycles. The van der Waals surface area contributed by atoms with Crippen molar-refractivity contribution in [3.8, 4) is 0 Å². The summed E-state index contributed by atoms with van der Waals surface area (Å²) in [5.41, 5.74) is 14.0. The summed E-state index contributed by atoms with van der Waals surface area (Å²) in [5, 5.41) is 0. The van der Waals surface area contributed by atoms with Gasteiger partial charge in [0.25, 0.3) is 0 Å².